The monoisotopic (exact) mass is 667 g/mol. The predicted molar refractivity (Wildman–Crippen MR) is 176 cm³/mol. The van der Waals surface area contributed by atoms with E-state index in [0.29, 0.717) is 41.7 Å². The number of amides is 4. The van der Waals surface area contributed by atoms with Crippen molar-refractivity contribution in [1.82, 2.24) is 35.3 Å². The Labute approximate surface area is 276 Å². The van der Waals surface area contributed by atoms with Crippen molar-refractivity contribution in [2.75, 3.05) is 42.9 Å². The normalized spacial score (nSPS) is 19.4. The van der Waals surface area contributed by atoms with E-state index in [0.717, 1.165) is 67.5 Å². The average molecular weight is 668 g/mol. The van der Waals surface area contributed by atoms with Crippen molar-refractivity contribution >= 4 is 51.9 Å². The van der Waals surface area contributed by atoms with Crippen LogP contribution in [0.4, 0.5) is 15.7 Å². The van der Waals surface area contributed by atoms with Gasteiger partial charge in [0.05, 0.1) is 28.0 Å². The minimum absolute atomic E-state index is 0.00229. The smallest absolute Gasteiger partial charge is 0.329 e. The molecule has 46 heavy (non-hydrogen) atoms. The number of aromatic nitrogens is 4. The molecule has 4 amide bonds. The number of carbonyl (C=O) groups excluding carboxylic acids is 3. The highest BCUT2D eigenvalue weighted by atomic mass is 32.2. The van der Waals surface area contributed by atoms with Crippen LogP contribution in [0.1, 0.15) is 70.2 Å². The SMILES string of the molecule is CC(C)(C)c1cnc(CSc2cnc(NC(=O)C3CCN(C4CCN(Cc5ccc(N6CCC(=O)NC6=O)nn5)CC4)CC3)s2)o1. The second kappa shape index (κ2) is 14.2. The summed E-state index contributed by atoms with van der Waals surface area (Å²) in [5.41, 5.74) is 0.789. The van der Waals surface area contributed by atoms with E-state index in [1.165, 1.54) is 16.2 Å². The molecule has 3 aromatic heterocycles. The highest BCUT2D eigenvalue weighted by molar-refractivity contribution is 8.00. The molecule has 3 aromatic rings. The van der Waals surface area contributed by atoms with E-state index >= 15 is 0 Å². The molecule has 0 atom stereocenters. The number of nitrogens with zero attached hydrogens (tertiary/aromatic N) is 7. The van der Waals surface area contributed by atoms with Crippen molar-refractivity contribution in [2.24, 2.45) is 5.92 Å². The standard InChI is InChI=1S/C31H41N9O4S2/c1-31(2,3)23-16-32-26(44-23)19-45-27-17-33-29(46-27)35-28(42)20-6-13-39(14-7-20)22-8-11-38(12-9-22)18-21-4-5-24(37-36-21)40-15-10-25(41)34-30(40)43/h4-5,16-17,20,22H,6-15,18-19H2,1-3H3,(H,33,35,42)(H,34,41,43). The third-order valence-corrected chi connectivity index (χ3v) is 10.8. The summed E-state index contributed by atoms with van der Waals surface area (Å²) in [5.74, 6) is 2.43. The van der Waals surface area contributed by atoms with E-state index in [1.54, 1.807) is 30.2 Å². The number of anilines is 2. The maximum absolute atomic E-state index is 13.0. The van der Waals surface area contributed by atoms with Crippen LogP contribution < -0.4 is 15.5 Å². The number of imide groups is 1. The van der Waals surface area contributed by atoms with Gasteiger partial charge in [-0.3, -0.25) is 24.7 Å². The number of likely N-dealkylation sites (tertiary alicyclic amines) is 2. The maximum atomic E-state index is 13.0. The number of hydrogen-bond acceptors (Lipinski definition) is 12. The minimum atomic E-state index is -0.455. The van der Waals surface area contributed by atoms with Crippen molar-refractivity contribution in [3.05, 3.63) is 41.9 Å². The molecule has 0 unspecified atom stereocenters. The number of nitrogens with one attached hydrogen (secondary N) is 2. The summed E-state index contributed by atoms with van der Waals surface area (Å²) < 4.78 is 6.90. The van der Waals surface area contributed by atoms with Crippen LogP contribution in [0.5, 0.6) is 0 Å². The molecule has 0 saturated carbocycles. The number of oxazole rings is 1. The van der Waals surface area contributed by atoms with Crippen molar-refractivity contribution in [1.29, 1.82) is 0 Å². The summed E-state index contributed by atoms with van der Waals surface area (Å²) in [6.45, 7) is 11.1. The quantitative estimate of drug-likeness (QED) is 0.315. The molecular weight excluding hydrogens is 627 g/mol. The van der Waals surface area contributed by atoms with Crippen molar-refractivity contribution in [2.45, 2.75) is 80.8 Å². The Morgan fingerprint density at radius 3 is 2.50 bits per heavy atom. The lowest BCUT2D eigenvalue weighted by Crippen LogP contribution is -2.50. The van der Waals surface area contributed by atoms with Crippen molar-refractivity contribution in [3.63, 3.8) is 0 Å². The van der Waals surface area contributed by atoms with Crippen molar-refractivity contribution in [3.8, 4) is 0 Å². The Bertz CT molecular complexity index is 1520. The molecule has 246 valence electrons. The summed E-state index contributed by atoms with van der Waals surface area (Å²) in [7, 11) is 0. The third-order valence-electron chi connectivity index (χ3n) is 8.74. The summed E-state index contributed by atoms with van der Waals surface area (Å²) in [4.78, 5) is 51.7. The molecule has 3 aliphatic rings. The van der Waals surface area contributed by atoms with E-state index < -0.39 is 6.03 Å². The number of thioether (sulfide) groups is 1. The van der Waals surface area contributed by atoms with Gasteiger partial charge >= 0.3 is 6.03 Å². The predicted octanol–water partition coefficient (Wildman–Crippen LogP) is 4.27. The van der Waals surface area contributed by atoms with Crippen LogP contribution in [0.3, 0.4) is 0 Å². The fourth-order valence-electron chi connectivity index (χ4n) is 6.01. The number of thiazole rings is 1. The molecule has 0 spiro atoms. The highest BCUT2D eigenvalue weighted by Crippen LogP contribution is 2.33. The molecule has 0 radical (unpaired) electrons. The maximum Gasteiger partial charge on any atom is 0.329 e. The van der Waals surface area contributed by atoms with Crippen LogP contribution in [0.2, 0.25) is 0 Å². The zero-order chi connectivity index (χ0) is 32.3. The fourth-order valence-corrected chi connectivity index (χ4v) is 7.74. The van der Waals surface area contributed by atoms with E-state index in [4.69, 9.17) is 4.42 Å². The van der Waals surface area contributed by atoms with E-state index in [1.807, 2.05) is 6.07 Å². The number of rotatable bonds is 9. The van der Waals surface area contributed by atoms with Gasteiger partial charge in [0.25, 0.3) is 0 Å². The van der Waals surface area contributed by atoms with Gasteiger partial charge in [-0.15, -0.1) is 16.9 Å². The van der Waals surface area contributed by atoms with Crippen LogP contribution in [0.25, 0.3) is 0 Å². The van der Waals surface area contributed by atoms with Crippen LogP contribution in [0.15, 0.2) is 33.2 Å². The highest BCUT2D eigenvalue weighted by Gasteiger charge is 2.31. The topological polar surface area (TPSA) is 150 Å². The molecule has 6 heterocycles. The van der Waals surface area contributed by atoms with Crippen LogP contribution in [0, 0.1) is 5.92 Å². The molecule has 3 fully saturated rings. The Kier molecular flexibility index (Phi) is 10.0. The first-order valence-corrected chi connectivity index (χ1v) is 17.7. The van der Waals surface area contributed by atoms with Crippen LogP contribution in [-0.4, -0.2) is 86.6 Å². The first kappa shape index (κ1) is 32.5. The Balaban J connectivity index is 0.893. The first-order chi connectivity index (χ1) is 22.1. The van der Waals surface area contributed by atoms with Gasteiger partial charge in [0.2, 0.25) is 17.7 Å². The van der Waals surface area contributed by atoms with Crippen molar-refractivity contribution < 1.29 is 18.8 Å². The molecule has 2 N–H and O–H groups in total. The van der Waals surface area contributed by atoms with Crippen LogP contribution >= 0.6 is 23.1 Å². The van der Waals surface area contributed by atoms with E-state index in [-0.39, 0.29) is 29.6 Å². The summed E-state index contributed by atoms with van der Waals surface area (Å²) in [6.07, 6.45) is 7.72. The molecule has 3 aliphatic heterocycles. The van der Waals surface area contributed by atoms with Gasteiger partial charge in [-0.25, -0.2) is 14.8 Å². The largest absolute Gasteiger partial charge is 0.444 e. The summed E-state index contributed by atoms with van der Waals surface area (Å²) in [6, 6.07) is 3.76. The number of carbonyl (C=O) groups is 3. The van der Waals surface area contributed by atoms with Gasteiger partial charge < -0.3 is 14.6 Å². The lowest BCUT2D eigenvalue weighted by molar-refractivity contribution is -0.122. The lowest BCUT2D eigenvalue weighted by Gasteiger charge is -2.41. The molecule has 3 saturated heterocycles. The van der Waals surface area contributed by atoms with Gasteiger partial charge in [0.15, 0.2) is 10.9 Å². The fraction of sp³-hybridized carbons (Fsp3) is 0.581. The van der Waals surface area contributed by atoms with Gasteiger partial charge in [-0.1, -0.05) is 32.1 Å². The van der Waals surface area contributed by atoms with Crippen LogP contribution in [-0.2, 0) is 27.3 Å². The number of piperidine rings is 2. The first-order valence-electron chi connectivity index (χ1n) is 15.9. The summed E-state index contributed by atoms with van der Waals surface area (Å²) in [5, 5.41) is 14.6. The Morgan fingerprint density at radius 2 is 1.83 bits per heavy atom. The lowest BCUT2D eigenvalue weighted by atomic mass is 9.93. The van der Waals surface area contributed by atoms with E-state index in [2.05, 4.69) is 61.4 Å². The molecule has 0 aromatic carbocycles. The van der Waals surface area contributed by atoms with Gasteiger partial charge in [-0.2, -0.15) is 5.10 Å². The second-order valence-electron chi connectivity index (χ2n) is 13.1. The molecule has 6 rings (SSSR count). The number of hydrogen-bond donors (Lipinski definition) is 2. The molecule has 0 aliphatic carbocycles. The van der Waals surface area contributed by atoms with Gasteiger partial charge in [0, 0.05) is 50.0 Å². The molecule has 0 bridgehead atoms. The Morgan fingerprint density at radius 1 is 1.04 bits per heavy atom. The van der Waals surface area contributed by atoms with E-state index in [9.17, 15) is 14.4 Å². The summed E-state index contributed by atoms with van der Waals surface area (Å²) >= 11 is 3.10. The average Bonchev–Trinajstić information content (AvgIpc) is 3.71. The third kappa shape index (κ3) is 8.11. The zero-order valence-corrected chi connectivity index (χ0v) is 28.2. The zero-order valence-electron chi connectivity index (χ0n) is 26.5. The second-order valence-corrected chi connectivity index (χ2v) is 15.4. The van der Waals surface area contributed by atoms with Gasteiger partial charge in [0.1, 0.15) is 5.76 Å². The molecular formula is C31H41N9O4S2. The van der Waals surface area contributed by atoms with Gasteiger partial charge in [-0.05, 0) is 50.9 Å². The molecule has 13 nitrogen and oxygen atoms in total. The molecule has 15 heteroatoms. The number of urea groups is 1. The Hall–Kier alpha value is -3.40. The minimum Gasteiger partial charge on any atom is -0.444 e.